The molecule has 2 atom stereocenters. The second-order valence-electron chi connectivity index (χ2n) is 7.61. The van der Waals surface area contributed by atoms with Crippen LogP contribution in [0.15, 0.2) is 28.3 Å². The summed E-state index contributed by atoms with van der Waals surface area (Å²) in [6, 6.07) is 3.87. The first-order chi connectivity index (χ1) is 13.6. The molecule has 4 rings (SSSR count). The van der Waals surface area contributed by atoms with E-state index in [0.29, 0.717) is 16.9 Å². The Morgan fingerprint density at radius 2 is 1.96 bits per heavy atom. The van der Waals surface area contributed by atoms with Gasteiger partial charge in [0.15, 0.2) is 11.3 Å². The number of carbonyl (C=O) groups excluding carboxylic acids is 1. The number of likely N-dealkylation sites (tertiary alicyclic amines) is 1. The molecule has 4 heterocycles. The molecule has 3 aliphatic rings. The third kappa shape index (κ3) is 4.63. The highest BCUT2D eigenvalue weighted by molar-refractivity contribution is 7.99. The van der Waals surface area contributed by atoms with Gasteiger partial charge in [-0.25, -0.2) is 9.98 Å². The van der Waals surface area contributed by atoms with Crippen LogP contribution in [-0.2, 0) is 14.3 Å². The van der Waals surface area contributed by atoms with Gasteiger partial charge in [-0.3, -0.25) is 4.79 Å². The lowest BCUT2D eigenvalue weighted by molar-refractivity contribution is -0.130. The van der Waals surface area contributed by atoms with Crippen LogP contribution in [0, 0.1) is 11.8 Å². The number of piperidine rings is 1. The summed E-state index contributed by atoms with van der Waals surface area (Å²) in [7, 11) is 0. The van der Waals surface area contributed by atoms with E-state index in [0.717, 1.165) is 62.9 Å². The Morgan fingerprint density at radius 1 is 1.21 bits per heavy atom. The number of halogens is 1. The molecule has 0 aliphatic carbocycles. The summed E-state index contributed by atoms with van der Waals surface area (Å²) in [5.41, 5.74) is -0.0830. The van der Waals surface area contributed by atoms with Gasteiger partial charge in [-0.15, -0.1) is 0 Å². The number of aromatic nitrogens is 1. The lowest BCUT2D eigenvalue weighted by atomic mass is 9.90. The Bertz CT molecular complexity index is 716. The van der Waals surface area contributed by atoms with Crippen LogP contribution >= 0.6 is 23.4 Å². The van der Waals surface area contributed by atoms with Crippen molar-refractivity contribution in [3.8, 4) is 0 Å². The number of rotatable bonds is 4. The molecular formula is C20H26ClN3O3S. The predicted octanol–water partition coefficient (Wildman–Crippen LogP) is 3.64. The quantitative estimate of drug-likeness (QED) is 0.739. The van der Waals surface area contributed by atoms with Gasteiger partial charge >= 0.3 is 0 Å². The summed E-state index contributed by atoms with van der Waals surface area (Å²) >= 11 is 7.59. The van der Waals surface area contributed by atoms with Crippen molar-refractivity contribution >= 4 is 35.2 Å². The molecule has 0 spiro atoms. The fourth-order valence-corrected chi connectivity index (χ4v) is 5.28. The number of pyridine rings is 1. The van der Waals surface area contributed by atoms with Crippen LogP contribution in [0.2, 0.25) is 5.02 Å². The van der Waals surface area contributed by atoms with Crippen LogP contribution in [0.5, 0.6) is 0 Å². The molecule has 2 saturated heterocycles. The van der Waals surface area contributed by atoms with E-state index >= 15 is 0 Å². The smallest absolute Gasteiger partial charge is 0.219 e. The van der Waals surface area contributed by atoms with Crippen molar-refractivity contribution in [2.45, 2.75) is 49.1 Å². The van der Waals surface area contributed by atoms with E-state index in [-0.39, 0.29) is 17.4 Å². The zero-order valence-electron chi connectivity index (χ0n) is 16.1. The van der Waals surface area contributed by atoms with E-state index in [1.54, 1.807) is 24.9 Å². The third-order valence-electron chi connectivity index (χ3n) is 5.77. The Kier molecular flexibility index (Phi) is 6.43. The van der Waals surface area contributed by atoms with Gasteiger partial charge < -0.3 is 14.4 Å². The standard InChI is InChI=1S/C20H26ClN3O3S/c1-13(25)24-8-4-14(5-9-24)18-20(28-17-3-2-16(21)12-22-17)27-19(23-18)15-6-10-26-11-7-15/h2-3,12,14-15,18,20H,4-11H2,1H3. The van der Waals surface area contributed by atoms with Crippen molar-refractivity contribution in [2.75, 3.05) is 26.3 Å². The highest BCUT2D eigenvalue weighted by Gasteiger charge is 2.41. The number of hydrogen-bond acceptors (Lipinski definition) is 6. The monoisotopic (exact) mass is 423 g/mol. The number of carbonyl (C=O) groups is 1. The Hall–Kier alpha value is -1.31. The van der Waals surface area contributed by atoms with Crippen LogP contribution in [0.3, 0.4) is 0 Å². The van der Waals surface area contributed by atoms with Crippen LogP contribution in [0.25, 0.3) is 0 Å². The topological polar surface area (TPSA) is 64.0 Å². The minimum atomic E-state index is -0.0830. The molecule has 28 heavy (non-hydrogen) atoms. The Labute approximate surface area is 175 Å². The number of hydrogen-bond donors (Lipinski definition) is 0. The fourth-order valence-electron chi connectivity index (χ4n) is 4.10. The zero-order valence-corrected chi connectivity index (χ0v) is 17.6. The highest BCUT2D eigenvalue weighted by Crippen LogP contribution is 2.39. The number of aliphatic imine (C=N–C) groups is 1. The van der Waals surface area contributed by atoms with Crippen LogP contribution in [0.1, 0.15) is 32.6 Å². The average Bonchev–Trinajstić information content (AvgIpc) is 3.14. The number of amides is 1. The molecule has 6 nitrogen and oxygen atoms in total. The van der Waals surface area contributed by atoms with Crippen molar-refractivity contribution in [1.29, 1.82) is 0 Å². The van der Waals surface area contributed by atoms with Crippen molar-refractivity contribution in [3.05, 3.63) is 23.4 Å². The highest BCUT2D eigenvalue weighted by atomic mass is 35.5. The van der Waals surface area contributed by atoms with Crippen LogP contribution in [0.4, 0.5) is 0 Å². The second kappa shape index (κ2) is 9.01. The predicted molar refractivity (Wildman–Crippen MR) is 110 cm³/mol. The Morgan fingerprint density at radius 3 is 2.61 bits per heavy atom. The van der Waals surface area contributed by atoms with Crippen molar-refractivity contribution in [1.82, 2.24) is 9.88 Å². The van der Waals surface area contributed by atoms with Gasteiger partial charge in [-0.05, 0) is 43.7 Å². The summed E-state index contributed by atoms with van der Waals surface area (Å²) in [6.45, 7) is 4.78. The Balaban J connectivity index is 1.48. The van der Waals surface area contributed by atoms with E-state index in [1.165, 1.54) is 0 Å². The molecule has 1 aromatic heterocycles. The summed E-state index contributed by atoms with van der Waals surface area (Å²) in [6.07, 6.45) is 5.52. The summed E-state index contributed by atoms with van der Waals surface area (Å²) < 4.78 is 11.9. The van der Waals surface area contributed by atoms with E-state index in [2.05, 4.69) is 4.98 Å². The zero-order chi connectivity index (χ0) is 19.5. The molecule has 1 aromatic rings. The molecule has 3 aliphatic heterocycles. The maximum atomic E-state index is 11.7. The van der Waals surface area contributed by atoms with Gasteiger partial charge in [0.25, 0.3) is 0 Å². The van der Waals surface area contributed by atoms with E-state index in [1.807, 2.05) is 17.0 Å². The molecule has 2 fully saturated rings. The van der Waals surface area contributed by atoms with Gasteiger partial charge in [0.2, 0.25) is 5.91 Å². The number of nitrogens with zero attached hydrogens (tertiary/aromatic N) is 3. The van der Waals surface area contributed by atoms with E-state index < -0.39 is 0 Å². The summed E-state index contributed by atoms with van der Waals surface area (Å²) in [5, 5.41) is 1.52. The lowest BCUT2D eigenvalue weighted by Crippen LogP contribution is -2.41. The molecule has 0 N–H and O–H groups in total. The van der Waals surface area contributed by atoms with Gasteiger partial charge in [-0.2, -0.15) is 0 Å². The fraction of sp³-hybridized carbons (Fsp3) is 0.650. The molecule has 152 valence electrons. The first-order valence-electron chi connectivity index (χ1n) is 9.96. The van der Waals surface area contributed by atoms with E-state index in [9.17, 15) is 4.79 Å². The SMILES string of the molecule is CC(=O)N1CCC(C2N=C(C3CCOCC3)OC2Sc2ccc(Cl)cn2)CC1. The second-order valence-corrected chi connectivity index (χ2v) is 9.16. The molecular weight excluding hydrogens is 398 g/mol. The van der Waals surface area contributed by atoms with Gasteiger partial charge in [0, 0.05) is 45.3 Å². The molecule has 0 bridgehead atoms. The maximum absolute atomic E-state index is 11.7. The normalized spacial score (nSPS) is 26.8. The summed E-state index contributed by atoms with van der Waals surface area (Å²) in [5.74, 6) is 1.80. The van der Waals surface area contributed by atoms with E-state index in [4.69, 9.17) is 26.1 Å². The van der Waals surface area contributed by atoms with Crippen molar-refractivity contribution < 1.29 is 14.3 Å². The molecule has 8 heteroatoms. The third-order valence-corrected chi connectivity index (χ3v) is 7.08. The summed E-state index contributed by atoms with van der Waals surface area (Å²) in [4.78, 5) is 23.1. The van der Waals surface area contributed by atoms with Gasteiger partial charge in [0.05, 0.1) is 10.0 Å². The lowest BCUT2D eigenvalue weighted by Gasteiger charge is -2.34. The first kappa shape index (κ1) is 20.0. The van der Waals surface area contributed by atoms with Crippen LogP contribution < -0.4 is 0 Å². The van der Waals surface area contributed by atoms with Crippen LogP contribution in [-0.4, -0.2) is 59.5 Å². The van der Waals surface area contributed by atoms with Crippen molar-refractivity contribution in [2.24, 2.45) is 16.8 Å². The first-order valence-corrected chi connectivity index (χ1v) is 11.2. The van der Waals surface area contributed by atoms with Gasteiger partial charge in [-0.1, -0.05) is 23.4 Å². The number of ether oxygens (including phenoxy) is 2. The minimum absolute atomic E-state index is 0.0830. The molecule has 2 unspecified atom stereocenters. The van der Waals surface area contributed by atoms with Gasteiger partial charge in [0.1, 0.15) is 6.04 Å². The molecule has 0 radical (unpaired) electrons. The molecule has 0 saturated carbocycles. The average molecular weight is 424 g/mol. The maximum Gasteiger partial charge on any atom is 0.219 e. The minimum Gasteiger partial charge on any atom is -0.464 e. The number of thioether (sulfide) groups is 1. The van der Waals surface area contributed by atoms with Crippen molar-refractivity contribution in [3.63, 3.8) is 0 Å². The molecule has 0 aromatic carbocycles. The largest absolute Gasteiger partial charge is 0.464 e. The molecule has 1 amide bonds.